The Morgan fingerprint density at radius 2 is 2.32 bits per heavy atom. The Morgan fingerprint density at radius 3 is 2.95 bits per heavy atom. The van der Waals surface area contributed by atoms with Crippen LogP contribution in [0.4, 0.5) is 5.69 Å². The third-order valence-electron chi connectivity index (χ3n) is 3.55. The number of aliphatic hydroxyl groups is 1. The standard InChI is InChI=1S/C14H19BrN2O2/c1-9(18)11-8-10(15)5-6-12(11)17-7-3-4-13(17)14(19)16-2/h5-6,8-9,13,18H,3-4,7H2,1-2H3,(H,16,19). The highest BCUT2D eigenvalue weighted by Crippen LogP contribution is 2.34. The highest BCUT2D eigenvalue weighted by molar-refractivity contribution is 9.10. The van der Waals surface area contributed by atoms with Crippen molar-refractivity contribution >= 4 is 27.5 Å². The molecule has 0 aromatic heterocycles. The number of aliphatic hydroxyl groups excluding tert-OH is 1. The molecule has 0 radical (unpaired) electrons. The summed E-state index contributed by atoms with van der Waals surface area (Å²) >= 11 is 3.42. The number of rotatable bonds is 3. The van der Waals surface area contributed by atoms with Crippen LogP contribution in [0.15, 0.2) is 22.7 Å². The van der Waals surface area contributed by atoms with Gasteiger partial charge in [0.25, 0.3) is 0 Å². The van der Waals surface area contributed by atoms with Gasteiger partial charge in [-0.3, -0.25) is 4.79 Å². The first-order chi connectivity index (χ1) is 9.04. The fourth-order valence-corrected chi connectivity index (χ4v) is 2.99. The van der Waals surface area contributed by atoms with Crippen molar-refractivity contribution in [1.29, 1.82) is 0 Å². The fourth-order valence-electron chi connectivity index (χ4n) is 2.62. The lowest BCUT2D eigenvalue weighted by Gasteiger charge is -2.28. The second-order valence-corrected chi connectivity index (χ2v) is 5.76. The van der Waals surface area contributed by atoms with E-state index in [4.69, 9.17) is 0 Å². The van der Waals surface area contributed by atoms with Crippen molar-refractivity contribution in [1.82, 2.24) is 5.32 Å². The van der Waals surface area contributed by atoms with E-state index in [0.29, 0.717) is 0 Å². The minimum absolute atomic E-state index is 0.0389. The number of likely N-dealkylation sites (N-methyl/N-ethyl adjacent to an activating group) is 1. The van der Waals surface area contributed by atoms with E-state index in [0.717, 1.165) is 35.1 Å². The van der Waals surface area contributed by atoms with E-state index in [1.165, 1.54) is 0 Å². The molecule has 4 nitrogen and oxygen atoms in total. The van der Waals surface area contributed by atoms with E-state index in [1.54, 1.807) is 14.0 Å². The van der Waals surface area contributed by atoms with Gasteiger partial charge >= 0.3 is 0 Å². The Bertz CT molecular complexity index is 477. The molecule has 104 valence electrons. The summed E-state index contributed by atoms with van der Waals surface area (Å²) in [6.45, 7) is 2.59. The zero-order chi connectivity index (χ0) is 14.0. The van der Waals surface area contributed by atoms with E-state index in [1.807, 2.05) is 18.2 Å². The van der Waals surface area contributed by atoms with E-state index < -0.39 is 6.10 Å². The van der Waals surface area contributed by atoms with Crippen LogP contribution in [-0.2, 0) is 4.79 Å². The number of nitrogens with one attached hydrogen (secondary N) is 1. The Labute approximate surface area is 121 Å². The van der Waals surface area contributed by atoms with E-state index in [9.17, 15) is 9.90 Å². The van der Waals surface area contributed by atoms with Gasteiger partial charge in [-0.1, -0.05) is 15.9 Å². The van der Waals surface area contributed by atoms with Gasteiger partial charge in [-0.15, -0.1) is 0 Å². The number of carbonyl (C=O) groups excluding carboxylic acids is 1. The summed E-state index contributed by atoms with van der Waals surface area (Å²) in [5, 5.41) is 12.6. The number of benzene rings is 1. The minimum Gasteiger partial charge on any atom is -0.389 e. The lowest BCUT2D eigenvalue weighted by molar-refractivity contribution is -0.121. The fraction of sp³-hybridized carbons (Fsp3) is 0.500. The van der Waals surface area contributed by atoms with Crippen LogP contribution < -0.4 is 10.2 Å². The predicted molar refractivity (Wildman–Crippen MR) is 79.2 cm³/mol. The first-order valence-electron chi connectivity index (χ1n) is 6.50. The van der Waals surface area contributed by atoms with Crippen molar-refractivity contribution in [2.75, 3.05) is 18.5 Å². The molecule has 1 saturated heterocycles. The number of carbonyl (C=O) groups is 1. The van der Waals surface area contributed by atoms with Crippen molar-refractivity contribution in [2.24, 2.45) is 0 Å². The van der Waals surface area contributed by atoms with Crippen LogP contribution in [0.25, 0.3) is 0 Å². The molecule has 5 heteroatoms. The van der Waals surface area contributed by atoms with Crippen LogP contribution >= 0.6 is 15.9 Å². The number of amides is 1. The molecule has 0 bridgehead atoms. The molecule has 2 rings (SSSR count). The summed E-state index contributed by atoms with van der Waals surface area (Å²) in [7, 11) is 1.66. The van der Waals surface area contributed by atoms with Gasteiger partial charge in [0.15, 0.2) is 0 Å². The largest absolute Gasteiger partial charge is 0.389 e. The summed E-state index contributed by atoms with van der Waals surface area (Å²) in [5.74, 6) is 0.0389. The summed E-state index contributed by atoms with van der Waals surface area (Å²) in [6, 6.07) is 5.69. The predicted octanol–water partition coefficient (Wildman–Crippen LogP) is 2.22. The highest BCUT2D eigenvalue weighted by Gasteiger charge is 2.31. The smallest absolute Gasteiger partial charge is 0.242 e. The SMILES string of the molecule is CNC(=O)C1CCCN1c1ccc(Br)cc1C(C)O. The van der Waals surface area contributed by atoms with Gasteiger partial charge in [-0.05, 0) is 38.0 Å². The first kappa shape index (κ1) is 14.3. The number of hydrogen-bond donors (Lipinski definition) is 2. The third kappa shape index (κ3) is 2.92. The molecule has 0 saturated carbocycles. The molecule has 0 aliphatic carbocycles. The second kappa shape index (κ2) is 5.92. The molecule has 1 aliphatic heterocycles. The molecule has 2 atom stereocenters. The molecule has 1 aromatic rings. The summed E-state index contributed by atoms with van der Waals surface area (Å²) in [5.41, 5.74) is 1.80. The maximum Gasteiger partial charge on any atom is 0.242 e. The number of hydrogen-bond acceptors (Lipinski definition) is 3. The zero-order valence-corrected chi connectivity index (χ0v) is 12.8. The molecular formula is C14H19BrN2O2. The van der Waals surface area contributed by atoms with Crippen molar-refractivity contribution in [3.63, 3.8) is 0 Å². The average molecular weight is 327 g/mol. The van der Waals surface area contributed by atoms with Crippen LogP contribution in [0, 0.1) is 0 Å². The van der Waals surface area contributed by atoms with Gasteiger partial charge in [-0.25, -0.2) is 0 Å². The van der Waals surface area contributed by atoms with Gasteiger partial charge in [0, 0.05) is 29.3 Å². The van der Waals surface area contributed by atoms with Gasteiger partial charge in [0.1, 0.15) is 6.04 Å². The Balaban J connectivity index is 2.38. The van der Waals surface area contributed by atoms with Crippen molar-refractivity contribution in [3.05, 3.63) is 28.2 Å². The van der Waals surface area contributed by atoms with Crippen LogP contribution in [0.3, 0.4) is 0 Å². The monoisotopic (exact) mass is 326 g/mol. The number of nitrogens with zero attached hydrogens (tertiary/aromatic N) is 1. The molecule has 1 fully saturated rings. The minimum atomic E-state index is -0.557. The maximum atomic E-state index is 11.9. The molecule has 19 heavy (non-hydrogen) atoms. The summed E-state index contributed by atoms with van der Waals surface area (Å²) in [4.78, 5) is 14.0. The molecule has 2 unspecified atom stereocenters. The molecule has 1 aliphatic rings. The van der Waals surface area contributed by atoms with Crippen molar-refractivity contribution in [3.8, 4) is 0 Å². The van der Waals surface area contributed by atoms with Crippen LogP contribution in [0.5, 0.6) is 0 Å². The second-order valence-electron chi connectivity index (χ2n) is 4.84. The molecule has 0 spiro atoms. The molecule has 1 heterocycles. The highest BCUT2D eigenvalue weighted by atomic mass is 79.9. The quantitative estimate of drug-likeness (QED) is 0.895. The van der Waals surface area contributed by atoms with E-state index >= 15 is 0 Å². The number of halogens is 1. The van der Waals surface area contributed by atoms with Gasteiger partial charge in [0.05, 0.1) is 6.10 Å². The third-order valence-corrected chi connectivity index (χ3v) is 4.04. The Kier molecular flexibility index (Phi) is 4.47. The number of anilines is 1. The van der Waals surface area contributed by atoms with Gasteiger partial charge < -0.3 is 15.3 Å². The lowest BCUT2D eigenvalue weighted by Crippen LogP contribution is -2.42. The lowest BCUT2D eigenvalue weighted by atomic mass is 10.1. The van der Waals surface area contributed by atoms with E-state index in [-0.39, 0.29) is 11.9 Å². The Morgan fingerprint density at radius 1 is 1.58 bits per heavy atom. The summed E-state index contributed by atoms with van der Waals surface area (Å²) < 4.78 is 0.933. The van der Waals surface area contributed by atoms with Crippen molar-refractivity contribution in [2.45, 2.75) is 31.9 Å². The van der Waals surface area contributed by atoms with Crippen LogP contribution in [-0.4, -0.2) is 30.6 Å². The molecule has 1 aromatic carbocycles. The Hall–Kier alpha value is -1.07. The molecular weight excluding hydrogens is 308 g/mol. The van der Waals surface area contributed by atoms with Crippen LogP contribution in [0.1, 0.15) is 31.4 Å². The van der Waals surface area contributed by atoms with Crippen molar-refractivity contribution < 1.29 is 9.90 Å². The van der Waals surface area contributed by atoms with Gasteiger partial charge in [0.2, 0.25) is 5.91 Å². The maximum absolute atomic E-state index is 11.9. The molecule has 2 N–H and O–H groups in total. The zero-order valence-electron chi connectivity index (χ0n) is 11.2. The first-order valence-corrected chi connectivity index (χ1v) is 7.29. The normalized spacial score (nSPS) is 20.4. The van der Waals surface area contributed by atoms with Gasteiger partial charge in [-0.2, -0.15) is 0 Å². The molecule has 1 amide bonds. The van der Waals surface area contributed by atoms with E-state index in [2.05, 4.69) is 26.1 Å². The topological polar surface area (TPSA) is 52.6 Å². The summed E-state index contributed by atoms with van der Waals surface area (Å²) in [6.07, 6.45) is 1.29. The average Bonchev–Trinajstić information content (AvgIpc) is 2.86. The van der Waals surface area contributed by atoms with Crippen LogP contribution in [0.2, 0.25) is 0 Å².